The number of sulfonamides is 1. The Kier molecular flexibility index (Phi) is 5.03. The molecule has 0 amide bonds. The maximum Gasteiger partial charge on any atom is 0.215 e. The molecule has 0 saturated carbocycles. The lowest BCUT2D eigenvalue weighted by Crippen LogP contribution is -2.44. The molecule has 0 aliphatic carbocycles. The number of benzene rings is 1. The molecule has 0 aromatic heterocycles. The topological polar surface area (TPSA) is 101 Å². The first kappa shape index (κ1) is 16.4. The van der Waals surface area contributed by atoms with Crippen LogP contribution >= 0.6 is 0 Å². The molecule has 1 heterocycles. The van der Waals surface area contributed by atoms with Crippen LogP contribution in [0.4, 0.5) is 0 Å². The normalized spacial score (nSPS) is 23.0. The number of nitrogens with one attached hydrogen (secondary N) is 1. The highest BCUT2D eigenvalue weighted by molar-refractivity contribution is 7.95. The van der Waals surface area contributed by atoms with Crippen LogP contribution in [0.15, 0.2) is 30.3 Å². The number of rotatable bonds is 6. The Balaban J connectivity index is 2.04. The number of sulfone groups is 1. The summed E-state index contributed by atoms with van der Waals surface area (Å²) in [7, 11) is -7.01. The minimum absolute atomic E-state index is 0.0962. The summed E-state index contributed by atoms with van der Waals surface area (Å²) in [6, 6.07) is 8.56. The predicted molar refractivity (Wildman–Crippen MR) is 80.1 cm³/mol. The smallest absolute Gasteiger partial charge is 0.215 e. The van der Waals surface area contributed by atoms with Crippen molar-refractivity contribution in [2.75, 3.05) is 18.1 Å². The maximum atomic E-state index is 12.2. The van der Waals surface area contributed by atoms with Crippen molar-refractivity contribution in [2.24, 2.45) is 0 Å². The molecule has 2 atom stereocenters. The minimum Gasteiger partial charge on any atom is -0.395 e. The molecule has 1 saturated heterocycles. The van der Waals surface area contributed by atoms with Crippen LogP contribution in [0.1, 0.15) is 12.0 Å². The van der Waals surface area contributed by atoms with Gasteiger partial charge in [-0.25, -0.2) is 21.6 Å². The number of aliphatic hydroxyl groups excluding tert-OH is 1. The van der Waals surface area contributed by atoms with Gasteiger partial charge in [0.15, 0.2) is 9.84 Å². The molecule has 0 spiro atoms. The van der Waals surface area contributed by atoms with Gasteiger partial charge in [0.05, 0.1) is 23.4 Å². The summed E-state index contributed by atoms with van der Waals surface area (Å²) < 4.78 is 49.6. The van der Waals surface area contributed by atoms with Gasteiger partial charge < -0.3 is 5.11 Å². The van der Waals surface area contributed by atoms with Crippen molar-refractivity contribution in [3.63, 3.8) is 0 Å². The average Bonchev–Trinajstić information content (AvgIpc) is 2.80. The Morgan fingerprint density at radius 3 is 2.48 bits per heavy atom. The third kappa shape index (κ3) is 4.50. The van der Waals surface area contributed by atoms with E-state index in [1.165, 1.54) is 0 Å². The quantitative estimate of drug-likeness (QED) is 0.744. The zero-order valence-electron chi connectivity index (χ0n) is 11.5. The SMILES string of the molecule is O=S1(=O)CCC(S(=O)(=O)N[C@H](CO)Cc2ccccc2)C1. The molecule has 1 fully saturated rings. The minimum atomic E-state index is -3.75. The molecule has 0 bridgehead atoms. The van der Waals surface area contributed by atoms with Crippen LogP contribution in [0.5, 0.6) is 0 Å². The van der Waals surface area contributed by atoms with Gasteiger partial charge in [0.2, 0.25) is 10.0 Å². The zero-order chi connectivity index (χ0) is 15.5. The van der Waals surface area contributed by atoms with Gasteiger partial charge in [0, 0.05) is 6.04 Å². The van der Waals surface area contributed by atoms with Gasteiger partial charge in [-0.3, -0.25) is 0 Å². The Bertz CT molecular complexity index is 670. The summed E-state index contributed by atoms with van der Waals surface area (Å²) in [5.41, 5.74) is 0.901. The van der Waals surface area contributed by atoms with Gasteiger partial charge in [-0.1, -0.05) is 30.3 Å². The van der Waals surface area contributed by atoms with Crippen LogP contribution in [-0.4, -0.2) is 51.3 Å². The summed E-state index contributed by atoms with van der Waals surface area (Å²) in [5.74, 6) is -0.438. The summed E-state index contributed by atoms with van der Waals surface area (Å²) in [6.07, 6.45) is 0.469. The molecule has 1 aromatic rings. The van der Waals surface area contributed by atoms with Crippen LogP contribution < -0.4 is 4.72 Å². The fraction of sp³-hybridized carbons (Fsp3) is 0.538. The highest BCUT2D eigenvalue weighted by atomic mass is 32.2. The van der Waals surface area contributed by atoms with Crippen molar-refractivity contribution in [3.8, 4) is 0 Å². The first-order valence-electron chi connectivity index (χ1n) is 6.69. The van der Waals surface area contributed by atoms with Crippen molar-refractivity contribution >= 4 is 19.9 Å². The number of hydrogen-bond acceptors (Lipinski definition) is 5. The number of hydrogen-bond donors (Lipinski definition) is 2. The zero-order valence-corrected chi connectivity index (χ0v) is 13.1. The summed E-state index contributed by atoms with van der Waals surface area (Å²) in [5, 5.41) is 8.43. The van der Waals surface area contributed by atoms with Crippen LogP contribution in [-0.2, 0) is 26.3 Å². The average molecular weight is 333 g/mol. The van der Waals surface area contributed by atoms with Crippen molar-refractivity contribution in [3.05, 3.63) is 35.9 Å². The van der Waals surface area contributed by atoms with E-state index in [9.17, 15) is 21.9 Å². The van der Waals surface area contributed by atoms with E-state index in [2.05, 4.69) is 4.72 Å². The van der Waals surface area contributed by atoms with Crippen LogP contribution in [0.3, 0.4) is 0 Å². The third-order valence-electron chi connectivity index (χ3n) is 3.51. The van der Waals surface area contributed by atoms with E-state index in [0.717, 1.165) is 5.56 Å². The third-order valence-corrected chi connectivity index (χ3v) is 7.43. The molecule has 21 heavy (non-hydrogen) atoms. The molecule has 0 radical (unpaired) electrons. The lowest BCUT2D eigenvalue weighted by atomic mass is 10.1. The highest BCUT2D eigenvalue weighted by Gasteiger charge is 2.37. The first-order chi connectivity index (χ1) is 9.82. The van der Waals surface area contributed by atoms with E-state index in [1.807, 2.05) is 30.3 Å². The van der Waals surface area contributed by atoms with Crippen molar-refractivity contribution in [2.45, 2.75) is 24.1 Å². The van der Waals surface area contributed by atoms with Gasteiger partial charge in [-0.15, -0.1) is 0 Å². The van der Waals surface area contributed by atoms with Crippen LogP contribution in [0, 0.1) is 0 Å². The molecular formula is C13H19NO5S2. The van der Waals surface area contributed by atoms with Gasteiger partial charge in [0.25, 0.3) is 0 Å². The van der Waals surface area contributed by atoms with Crippen LogP contribution in [0.2, 0.25) is 0 Å². The number of aliphatic hydroxyl groups is 1. The fourth-order valence-corrected chi connectivity index (χ4v) is 6.65. The van der Waals surface area contributed by atoms with Gasteiger partial charge >= 0.3 is 0 Å². The monoisotopic (exact) mass is 333 g/mol. The summed E-state index contributed by atoms with van der Waals surface area (Å²) in [6.45, 7) is -0.340. The van der Waals surface area contributed by atoms with Crippen molar-refractivity contribution in [1.82, 2.24) is 4.72 Å². The summed E-state index contributed by atoms with van der Waals surface area (Å²) >= 11 is 0. The van der Waals surface area contributed by atoms with E-state index in [4.69, 9.17) is 0 Å². The van der Waals surface area contributed by atoms with Crippen molar-refractivity contribution < 1.29 is 21.9 Å². The molecule has 2 N–H and O–H groups in total. The van der Waals surface area contributed by atoms with Crippen LogP contribution in [0.25, 0.3) is 0 Å². The second kappa shape index (κ2) is 6.43. The molecule has 1 aromatic carbocycles. The van der Waals surface area contributed by atoms with Gasteiger partial charge in [-0.2, -0.15) is 0 Å². The second-order valence-corrected chi connectivity index (χ2v) is 9.48. The standard InChI is InChI=1S/C13H19NO5S2/c15-9-12(8-11-4-2-1-3-5-11)14-21(18,19)13-6-7-20(16,17)10-13/h1-5,12-15H,6-10H2/t12-,13?/m0/s1. The largest absolute Gasteiger partial charge is 0.395 e. The second-order valence-electron chi connectivity index (χ2n) is 5.26. The van der Waals surface area contributed by atoms with E-state index in [1.54, 1.807) is 0 Å². The molecule has 6 nitrogen and oxygen atoms in total. The maximum absolute atomic E-state index is 12.2. The fourth-order valence-electron chi connectivity index (χ4n) is 2.38. The molecular weight excluding hydrogens is 314 g/mol. The molecule has 8 heteroatoms. The molecule has 118 valence electrons. The van der Waals surface area contributed by atoms with Crippen molar-refractivity contribution in [1.29, 1.82) is 0 Å². The van der Waals surface area contributed by atoms with Gasteiger partial charge in [-0.05, 0) is 18.4 Å². The Hall–Kier alpha value is -0.960. The molecule has 2 rings (SSSR count). The Morgan fingerprint density at radius 2 is 1.95 bits per heavy atom. The van der Waals surface area contributed by atoms with E-state index >= 15 is 0 Å². The van der Waals surface area contributed by atoms with Gasteiger partial charge in [0.1, 0.15) is 0 Å². The molecule has 1 aliphatic rings. The molecule has 1 aliphatic heterocycles. The van der Waals surface area contributed by atoms with E-state index in [-0.39, 0.29) is 24.5 Å². The Morgan fingerprint density at radius 1 is 1.29 bits per heavy atom. The predicted octanol–water partition coefficient (Wildman–Crippen LogP) is -0.303. The van der Waals surface area contributed by atoms with E-state index in [0.29, 0.717) is 6.42 Å². The lowest BCUT2D eigenvalue weighted by molar-refractivity contribution is 0.256. The van der Waals surface area contributed by atoms with E-state index < -0.39 is 31.2 Å². The molecule has 1 unspecified atom stereocenters. The first-order valence-corrected chi connectivity index (χ1v) is 10.1. The highest BCUT2D eigenvalue weighted by Crippen LogP contribution is 2.18. The lowest BCUT2D eigenvalue weighted by Gasteiger charge is -2.19. The Labute approximate surface area is 125 Å². The summed E-state index contributed by atoms with van der Waals surface area (Å²) in [4.78, 5) is 0.